The predicted octanol–water partition coefficient (Wildman–Crippen LogP) is 2.67. The van der Waals surface area contributed by atoms with Gasteiger partial charge in [-0.3, -0.25) is 0 Å². The van der Waals surface area contributed by atoms with Crippen molar-refractivity contribution < 1.29 is 4.74 Å². The summed E-state index contributed by atoms with van der Waals surface area (Å²) >= 11 is 1.64. The minimum atomic E-state index is 0.454. The summed E-state index contributed by atoms with van der Waals surface area (Å²) in [6, 6.07) is 6.18. The van der Waals surface area contributed by atoms with E-state index in [4.69, 9.17) is 10.5 Å². The van der Waals surface area contributed by atoms with Crippen molar-refractivity contribution in [2.75, 3.05) is 12.8 Å². The molecule has 1 aliphatic carbocycles. The molecule has 0 atom stereocenters. The Hall–Kier alpha value is -1.76. The van der Waals surface area contributed by atoms with Gasteiger partial charge in [-0.05, 0) is 29.3 Å². The molecule has 0 spiro atoms. The molecule has 2 aromatic rings. The molecule has 1 aliphatic rings. The van der Waals surface area contributed by atoms with Gasteiger partial charge in [0.15, 0.2) is 0 Å². The van der Waals surface area contributed by atoms with E-state index >= 15 is 0 Å². The highest BCUT2D eigenvalue weighted by atomic mass is 32.2. The van der Waals surface area contributed by atoms with E-state index in [1.165, 1.54) is 25.7 Å². The quantitative estimate of drug-likeness (QED) is 0.676. The molecule has 1 aromatic carbocycles. The molecule has 7 heteroatoms. The average Bonchev–Trinajstić information content (AvgIpc) is 3.16. The zero-order valence-electron chi connectivity index (χ0n) is 12.0. The van der Waals surface area contributed by atoms with E-state index in [0.717, 1.165) is 22.2 Å². The predicted molar refractivity (Wildman–Crippen MR) is 82.3 cm³/mol. The number of nitrogen functional groups attached to an aromatic ring is 1. The van der Waals surface area contributed by atoms with E-state index in [1.807, 2.05) is 22.9 Å². The fraction of sp³-hybridized carbons (Fsp3) is 0.500. The topological polar surface area (TPSA) is 78.8 Å². The van der Waals surface area contributed by atoms with Gasteiger partial charge in [-0.1, -0.05) is 30.7 Å². The molecular formula is C14H19N5OS. The van der Waals surface area contributed by atoms with Crippen LogP contribution < -0.4 is 10.5 Å². The summed E-state index contributed by atoms with van der Waals surface area (Å²) in [5.41, 5.74) is 7.58. The zero-order valence-corrected chi connectivity index (χ0v) is 12.8. The molecule has 112 valence electrons. The maximum absolute atomic E-state index is 5.78. The second-order valence-electron chi connectivity index (χ2n) is 5.20. The summed E-state index contributed by atoms with van der Waals surface area (Å²) in [7, 11) is 1.66. The molecule has 0 unspecified atom stereocenters. The van der Waals surface area contributed by atoms with Gasteiger partial charge in [0, 0.05) is 23.1 Å². The number of hydrogen-bond acceptors (Lipinski definition) is 6. The van der Waals surface area contributed by atoms with Gasteiger partial charge in [-0.2, -0.15) is 0 Å². The lowest BCUT2D eigenvalue weighted by Crippen LogP contribution is -2.08. The molecule has 0 saturated heterocycles. The highest BCUT2D eigenvalue weighted by molar-refractivity contribution is 7.98. The Morgan fingerprint density at radius 1 is 1.38 bits per heavy atom. The molecule has 1 heterocycles. The van der Waals surface area contributed by atoms with Gasteiger partial charge in [0.05, 0.1) is 13.2 Å². The first-order valence-electron chi connectivity index (χ1n) is 7.11. The molecule has 2 N–H and O–H groups in total. The van der Waals surface area contributed by atoms with Gasteiger partial charge in [-0.15, -0.1) is 5.10 Å². The summed E-state index contributed by atoms with van der Waals surface area (Å²) in [6.07, 6.45) is 4.87. The third-order valence-electron chi connectivity index (χ3n) is 3.80. The molecule has 1 aromatic heterocycles. The number of anilines is 1. The first-order chi connectivity index (χ1) is 10.3. The lowest BCUT2D eigenvalue weighted by atomic mass is 10.2. The highest BCUT2D eigenvalue weighted by Crippen LogP contribution is 2.33. The third kappa shape index (κ3) is 3.12. The molecule has 0 amide bonds. The molecule has 1 saturated carbocycles. The Morgan fingerprint density at radius 3 is 2.95 bits per heavy atom. The molecule has 0 bridgehead atoms. The number of methoxy groups -OCH3 is 1. The SMILES string of the molecule is COc1cc(N)ccc1CSc1nnnn1C1CCCC1. The molecular weight excluding hydrogens is 286 g/mol. The highest BCUT2D eigenvalue weighted by Gasteiger charge is 2.21. The molecule has 3 rings (SSSR count). The van der Waals surface area contributed by atoms with E-state index in [1.54, 1.807) is 18.9 Å². The summed E-state index contributed by atoms with van der Waals surface area (Å²) in [6.45, 7) is 0. The van der Waals surface area contributed by atoms with Crippen LogP contribution in [0.15, 0.2) is 23.4 Å². The van der Waals surface area contributed by atoms with Crippen molar-refractivity contribution in [2.24, 2.45) is 0 Å². The smallest absolute Gasteiger partial charge is 0.209 e. The number of nitrogens with two attached hydrogens (primary N) is 1. The maximum Gasteiger partial charge on any atom is 0.209 e. The van der Waals surface area contributed by atoms with Crippen LogP contribution in [-0.4, -0.2) is 27.3 Å². The Balaban J connectivity index is 1.72. The fourth-order valence-corrected chi connectivity index (χ4v) is 3.62. The maximum atomic E-state index is 5.78. The normalized spacial score (nSPS) is 15.5. The van der Waals surface area contributed by atoms with Gasteiger partial charge >= 0.3 is 0 Å². The molecule has 0 aliphatic heterocycles. The number of aromatic nitrogens is 4. The van der Waals surface area contributed by atoms with Crippen LogP contribution in [0.1, 0.15) is 37.3 Å². The number of hydrogen-bond donors (Lipinski definition) is 1. The zero-order chi connectivity index (χ0) is 14.7. The van der Waals surface area contributed by atoms with E-state index < -0.39 is 0 Å². The van der Waals surface area contributed by atoms with Crippen LogP contribution in [0.5, 0.6) is 5.75 Å². The number of benzene rings is 1. The van der Waals surface area contributed by atoms with Crippen molar-refractivity contribution in [1.29, 1.82) is 0 Å². The van der Waals surface area contributed by atoms with Crippen LogP contribution in [0.3, 0.4) is 0 Å². The van der Waals surface area contributed by atoms with Crippen LogP contribution in [0.2, 0.25) is 0 Å². The van der Waals surface area contributed by atoms with E-state index in [0.29, 0.717) is 11.7 Å². The van der Waals surface area contributed by atoms with Gasteiger partial charge < -0.3 is 10.5 Å². The van der Waals surface area contributed by atoms with E-state index in [9.17, 15) is 0 Å². The van der Waals surface area contributed by atoms with Crippen molar-refractivity contribution in [2.45, 2.75) is 42.6 Å². The molecule has 6 nitrogen and oxygen atoms in total. The molecule has 21 heavy (non-hydrogen) atoms. The van der Waals surface area contributed by atoms with Gasteiger partial charge in [0.1, 0.15) is 5.75 Å². The van der Waals surface area contributed by atoms with Crippen LogP contribution in [0.4, 0.5) is 5.69 Å². The number of ether oxygens (including phenoxy) is 1. The first-order valence-corrected chi connectivity index (χ1v) is 8.09. The monoisotopic (exact) mass is 305 g/mol. The number of nitrogens with zero attached hydrogens (tertiary/aromatic N) is 4. The average molecular weight is 305 g/mol. The second-order valence-corrected chi connectivity index (χ2v) is 6.15. The Kier molecular flexibility index (Phi) is 4.28. The molecule has 0 radical (unpaired) electrons. The summed E-state index contributed by atoms with van der Waals surface area (Å²) in [5.74, 6) is 1.57. The minimum Gasteiger partial charge on any atom is -0.496 e. The number of rotatable bonds is 5. The molecule has 1 fully saturated rings. The van der Waals surface area contributed by atoms with E-state index in [-0.39, 0.29) is 0 Å². The summed E-state index contributed by atoms with van der Waals surface area (Å²) in [4.78, 5) is 0. The first kappa shape index (κ1) is 14.2. The fourth-order valence-electron chi connectivity index (χ4n) is 2.68. The van der Waals surface area contributed by atoms with Gasteiger partial charge in [0.25, 0.3) is 0 Å². The van der Waals surface area contributed by atoms with Gasteiger partial charge in [0.2, 0.25) is 5.16 Å². The van der Waals surface area contributed by atoms with E-state index in [2.05, 4.69) is 15.5 Å². The van der Waals surface area contributed by atoms with Gasteiger partial charge in [-0.25, -0.2) is 4.68 Å². The van der Waals surface area contributed by atoms with Crippen molar-refractivity contribution in [3.8, 4) is 5.75 Å². The Labute approximate surface area is 128 Å². The van der Waals surface area contributed by atoms with Crippen LogP contribution in [0.25, 0.3) is 0 Å². The van der Waals surface area contributed by atoms with Crippen molar-refractivity contribution in [1.82, 2.24) is 20.2 Å². The van der Waals surface area contributed by atoms with Crippen molar-refractivity contribution in [3.63, 3.8) is 0 Å². The van der Waals surface area contributed by atoms with Crippen LogP contribution >= 0.6 is 11.8 Å². The Morgan fingerprint density at radius 2 is 2.19 bits per heavy atom. The summed E-state index contributed by atoms with van der Waals surface area (Å²) < 4.78 is 7.35. The number of tetrazole rings is 1. The van der Waals surface area contributed by atoms with Crippen molar-refractivity contribution in [3.05, 3.63) is 23.8 Å². The third-order valence-corrected chi connectivity index (χ3v) is 4.78. The summed E-state index contributed by atoms with van der Waals surface area (Å²) in [5, 5.41) is 13.0. The lowest BCUT2D eigenvalue weighted by molar-refractivity contribution is 0.411. The standard InChI is InChI=1S/C14H19N5OS/c1-20-13-8-11(15)7-6-10(13)9-21-14-16-17-18-19(14)12-4-2-3-5-12/h6-8,12H,2-5,9,15H2,1H3. The van der Waals surface area contributed by atoms with Crippen molar-refractivity contribution >= 4 is 17.4 Å². The Bertz CT molecular complexity index is 609. The second kappa shape index (κ2) is 6.34. The minimum absolute atomic E-state index is 0.454. The largest absolute Gasteiger partial charge is 0.496 e. The lowest BCUT2D eigenvalue weighted by Gasteiger charge is -2.12. The number of thioether (sulfide) groups is 1. The van der Waals surface area contributed by atoms with Crippen LogP contribution in [0, 0.1) is 0 Å². The van der Waals surface area contributed by atoms with Crippen LogP contribution in [-0.2, 0) is 5.75 Å².